The van der Waals surface area contributed by atoms with Gasteiger partial charge in [-0.2, -0.15) is 0 Å². The number of rotatable bonds is 5. The van der Waals surface area contributed by atoms with E-state index in [1.165, 1.54) is 30.9 Å². The molecule has 1 aliphatic rings. The third kappa shape index (κ3) is 5.72. The number of benzene rings is 2. The maximum Gasteiger partial charge on any atom is 0.221 e. The van der Waals surface area contributed by atoms with E-state index >= 15 is 0 Å². The Kier molecular flexibility index (Phi) is 7.44. The highest BCUT2D eigenvalue weighted by atomic mass is 127. The number of nitrogens with one attached hydrogen (secondary N) is 2. The molecule has 0 saturated heterocycles. The number of nitrogens with zero attached hydrogens (tertiary/aromatic N) is 1. The lowest BCUT2D eigenvalue weighted by atomic mass is 10.1. The first-order chi connectivity index (χ1) is 12.1. The minimum absolute atomic E-state index is 0. The molecule has 2 aromatic rings. The highest BCUT2D eigenvalue weighted by Crippen LogP contribution is 2.24. The molecule has 26 heavy (non-hydrogen) atoms. The van der Waals surface area contributed by atoms with Gasteiger partial charge in [0, 0.05) is 24.8 Å². The molecule has 0 radical (unpaired) electrons. The van der Waals surface area contributed by atoms with Crippen molar-refractivity contribution in [2.24, 2.45) is 10.7 Å². The van der Waals surface area contributed by atoms with Gasteiger partial charge in [-0.05, 0) is 66.6 Å². The molecular weight excluding hydrogens is 439 g/mol. The van der Waals surface area contributed by atoms with Crippen molar-refractivity contribution in [3.63, 3.8) is 0 Å². The number of aryl methyl sites for hydroxylation is 2. The molecule has 4 N–H and O–H groups in total. The molecule has 1 amide bonds. The second-order valence-corrected chi connectivity index (χ2v) is 6.36. The van der Waals surface area contributed by atoms with E-state index in [9.17, 15) is 4.79 Å². The Morgan fingerprint density at radius 3 is 2.46 bits per heavy atom. The first-order valence-electron chi connectivity index (χ1n) is 8.65. The topological polar surface area (TPSA) is 79.5 Å². The highest BCUT2D eigenvalue weighted by molar-refractivity contribution is 14.0. The summed E-state index contributed by atoms with van der Waals surface area (Å²) in [4.78, 5) is 15.4. The Labute approximate surface area is 171 Å². The zero-order chi connectivity index (χ0) is 17.6. The van der Waals surface area contributed by atoms with Crippen LogP contribution in [-0.2, 0) is 24.1 Å². The molecule has 3 rings (SSSR count). The molecule has 0 aromatic heterocycles. The summed E-state index contributed by atoms with van der Waals surface area (Å²) in [5.41, 5.74) is 11.8. The fourth-order valence-corrected chi connectivity index (χ4v) is 3.10. The number of fused-ring (bicyclic) bond motifs is 1. The van der Waals surface area contributed by atoms with E-state index in [0.29, 0.717) is 12.5 Å². The number of anilines is 2. The number of hydrogen-bond donors (Lipinski definition) is 3. The standard InChI is InChI=1S/C20H24N4O.HI/c1-14(25)23-18-8-5-15(6-9-18)11-12-22-20(21)24-19-10-7-16-3-2-4-17(16)13-19;/h5-10,13H,2-4,11-12H2,1H3,(H,23,25)(H3,21,22,24);1H. The Morgan fingerprint density at radius 1 is 1.04 bits per heavy atom. The molecule has 138 valence electrons. The molecule has 0 unspecified atom stereocenters. The molecule has 1 aliphatic carbocycles. The van der Waals surface area contributed by atoms with Crippen LogP contribution in [0.1, 0.15) is 30.0 Å². The lowest BCUT2D eigenvalue weighted by Crippen LogP contribution is -2.23. The van der Waals surface area contributed by atoms with E-state index in [1.54, 1.807) is 0 Å². The van der Waals surface area contributed by atoms with E-state index < -0.39 is 0 Å². The van der Waals surface area contributed by atoms with Gasteiger partial charge >= 0.3 is 0 Å². The van der Waals surface area contributed by atoms with Crippen molar-refractivity contribution in [1.82, 2.24) is 0 Å². The average molecular weight is 464 g/mol. The number of aliphatic imine (C=N–C) groups is 1. The van der Waals surface area contributed by atoms with E-state index in [4.69, 9.17) is 5.73 Å². The maximum atomic E-state index is 11.0. The molecule has 2 aromatic carbocycles. The van der Waals surface area contributed by atoms with Crippen LogP contribution in [0.15, 0.2) is 47.5 Å². The van der Waals surface area contributed by atoms with Gasteiger partial charge in [0.15, 0.2) is 5.96 Å². The molecule has 5 nitrogen and oxygen atoms in total. The zero-order valence-corrected chi connectivity index (χ0v) is 17.2. The van der Waals surface area contributed by atoms with Gasteiger partial charge in [-0.15, -0.1) is 24.0 Å². The normalized spacial score (nSPS) is 12.9. The van der Waals surface area contributed by atoms with Gasteiger partial charge in [0.1, 0.15) is 0 Å². The Bertz CT molecular complexity index is 787. The predicted molar refractivity (Wildman–Crippen MR) is 118 cm³/mol. The molecule has 0 heterocycles. The van der Waals surface area contributed by atoms with Crippen molar-refractivity contribution in [3.8, 4) is 0 Å². The van der Waals surface area contributed by atoms with Crippen LogP contribution in [0.5, 0.6) is 0 Å². The van der Waals surface area contributed by atoms with Crippen LogP contribution in [0.25, 0.3) is 0 Å². The van der Waals surface area contributed by atoms with Crippen molar-refractivity contribution in [1.29, 1.82) is 0 Å². The van der Waals surface area contributed by atoms with Crippen molar-refractivity contribution in [2.45, 2.75) is 32.6 Å². The molecule has 0 atom stereocenters. The molecule has 0 bridgehead atoms. The first kappa shape index (κ1) is 20.2. The van der Waals surface area contributed by atoms with Gasteiger partial charge in [-0.25, -0.2) is 0 Å². The van der Waals surface area contributed by atoms with E-state index in [-0.39, 0.29) is 29.9 Å². The van der Waals surface area contributed by atoms with Gasteiger partial charge in [-0.3, -0.25) is 9.79 Å². The van der Waals surface area contributed by atoms with Crippen LogP contribution < -0.4 is 16.4 Å². The smallest absolute Gasteiger partial charge is 0.221 e. The first-order valence-corrected chi connectivity index (χ1v) is 8.65. The number of guanidine groups is 1. The lowest BCUT2D eigenvalue weighted by Gasteiger charge is -2.08. The molecule has 0 fully saturated rings. The summed E-state index contributed by atoms with van der Waals surface area (Å²) in [6.07, 6.45) is 4.37. The second-order valence-electron chi connectivity index (χ2n) is 6.36. The van der Waals surface area contributed by atoms with Crippen LogP contribution in [0.3, 0.4) is 0 Å². The number of carbonyl (C=O) groups excluding carboxylic acids is 1. The van der Waals surface area contributed by atoms with Crippen molar-refractivity contribution >= 4 is 47.2 Å². The van der Waals surface area contributed by atoms with Gasteiger partial charge in [0.05, 0.1) is 0 Å². The summed E-state index contributed by atoms with van der Waals surface area (Å²) in [7, 11) is 0. The number of halogens is 1. The summed E-state index contributed by atoms with van der Waals surface area (Å²) >= 11 is 0. The Morgan fingerprint density at radius 2 is 1.73 bits per heavy atom. The summed E-state index contributed by atoms with van der Waals surface area (Å²) in [6, 6.07) is 14.2. The molecule has 0 aliphatic heterocycles. The van der Waals surface area contributed by atoms with Crippen LogP contribution in [-0.4, -0.2) is 18.4 Å². The number of amides is 1. The summed E-state index contributed by atoms with van der Waals surface area (Å²) in [5, 5.41) is 5.92. The van der Waals surface area contributed by atoms with Gasteiger partial charge < -0.3 is 16.4 Å². The largest absolute Gasteiger partial charge is 0.370 e. The number of nitrogens with two attached hydrogens (primary N) is 1. The highest BCUT2D eigenvalue weighted by Gasteiger charge is 2.10. The van der Waals surface area contributed by atoms with Gasteiger partial charge in [0.2, 0.25) is 5.91 Å². The molecule has 0 saturated carbocycles. The third-order valence-corrected chi connectivity index (χ3v) is 4.33. The van der Waals surface area contributed by atoms with Crippen molar-refractivity contribution < 1.29 is 4.79 Å². The summed E-state index contributed by atoms with van der Waals surface area (Å²) < 4.78 is 0. The Balaban J connectivity index is 0.00000243. The van der Waals surface area contributed by atoms with E-state index in [1.807, 2.05) is 24.3 Å². The van der Waals surface area contributed by atoms with E-state index in [2.05, 4.69) is 33.8 Å². The second kappa shape index (κ2) is 9.56. The minimum atomic E-state index is -0.0669. The fraction of sp³-hybridized carbons (Fsp3) is 0.300. The van der Waals surface area contributed by atoms with E-state index in [0.717, 1.165) is 29.8 Å². The van der Waals surface area contributed by atoms with Crippen molar-refractivity contribution in [3.05, 3.63) is 59.2 Å². The number of carbonyl (C=O) groups is 1. The SMILES string of the molecule is CC(=O)Nc1ccc(CCN=C(N)Nc2ccc3c(c2)CCC3)cc1.I. The third-order valence-electron chi connectivity index (χ3n) is 4.33. The van der Waals surface area contributed by atoms with Crippen molar-refractivity contribution in [2.75, 3.05) is 17.2 Å². The summed E-state index contributed by atoms with van der Waals surface area (Å²) in [5.74, 6) is 0.371. The average Bonchev–Trinajstić information content (AvgIpc) is 3.03. The predicted octanol–water partition coefficient (Wildman–Crippen LogP) is 3.72. The fourth-order valence-electron chi connectivity index (χ4n) is 3.10. The Hall–Kier alpha value is -2.09. The van der Waals surface area contributed by atoms with Gasteiger partial charge in [0.25, 0.3) is 0 Å². The van der Waals surface area contributed by atoms with Crippen LogP contribution in [0.2, 0.25) is 0 Å². The molecule has 6 heteroatoms. The minimum Gasteiger partial charge on any atom is -0.370 e. The monoisotopic (exact) mass is 464 g/mol. The van der Waals surface area contributed by atoms with Gasteiger partial charge in [-0.1, -0.05) is 18.2 Å². The molecular formula is C20H25IN4O. The quantitative estimate of drug-likeness (QED) is 0.359. The van der Waals surface area contributed by atoms with Crippen LogP contribution in [0, 0.1) is 0 Å². The zero-order valence-electron chi connectivity index (χ0n) is 14.9. The summed E-state index contributed by atoms with van der Waals surface area (Å²) in [6.45, 7) is 2.11. The molecule has 0 spiro atoms. The van der Waals surface area contributed by atoms with Crippen LogP contribution >= 0.6 is 24.0 Å². The number of hydrogen-bond acceptors (Lipinski definition) is 2. The maximum absolute atomic E-state index is 11.0. The van der Waals surface area contributed by atoms with Crippen LogP contribution in [0.4, 0.5) is 11.4 Å². The lowest BCUT2D eigenvalue weighted by molar-refractivity contribution is -0.114.